The summed E-state index contributed by atoms with van der Waals surface area (Å²) in [6, 6.07) is 11.6. The summed E-state index contributed by atoms with van der Waals surface area (Å²) in [5.41, 5.74) is 1.00. The van der Waals surface area contributed by atoms with Crippen molar-refractivity contribution < 1.29 is 18.7 Å². The van der Waals surface area contributed by atoms with Gasteiger partial charge in [0.2, 0.25) is 0 Å². The number of carbonyl (C=O) groups excluding carboxylic acids is 1. The number of hydrogen-bond donors (Lipinski definition) is 0. The van der Waals surface area contributed by atoms with Gasteiger partial charge in [-0.1, -0.05) is 32.3 Å². The Morgan fingerprint density at radius 1 is 0.968 bits per heavy atom. The van der Waals surface area contributed by atoms with Gasteiger partial charge in [-0.15, -0.1) is 0 Å². The predicted octanol–water partition coefficient (Wildman–Crippen LogP) is 7.15. The molecule has 2 aliphatic rings. The van der Waals surface area contributed by atoms with Gasteiger partial charge >= 0.3 is 5.97 Å². The lowest BCUT2D eigenvalue weighted by atomic mass is 9.63. The van der Waals surface area contributed by atoms with E-state index in [-0.39, 0.29) is 17.3 Å². The third-order valence-corrected chi connectivity index (χ3v) is 7.36. The van der Waals surface area contributed by atoms with Crippen LogP contribution in [0.3, 0.4) is 0 Å². The quantitative estimate of drug-likeness (QED) is 0.365. The molecule has 166 valence electrons. The highest BCUT2D eigenvalue weighted by atomic mass is 19.1. The van der Waals surface area contributed by atoms with Crippen molar-refractivity contribution in [1.82, 2.24) is 0 Å². The summed E-state index contributed by atoms with van der Waals surface area (Å²) < 4.78 is 25.5. The molecule has 31 heavy (non-hydrogen) atoms. The lowest BCUT2D eigenvalue weighted by Gasteiger charge is -2.42. The summed E-state index contributed by atoms with van der Waals surface area (Å²) in [5, 5.41) is 0. The summed E-state index contributed by atoms with van der Waals surface area (Å²) in [6.07, 6.45) is 9.96. The molecule has 4 rings (SSSR count). The molecule has 0 amide bonds. The maximum atomic E-state index is 15.0. The lowest BCUT2D eigenvalue weighted by molar-refractivity contribution is 0.0734. The van der Waals surface area contributed by atoms with E-state index in [0.29, 0.717) is 11.5 Å². The topological polar surface area (TPSA) is 35.5 Å². The number of carbonyl (C=O) groups is 1. The Kier molecular flexibility index (Phi) is 6.94. The fourth-order valence-electron chi connectivity index (χ4n) is 5.73. The van der Waals surface area contributed by atoms with E-state index in [2.05, 4.69) is 6.92 Å². The van der Waals surface area contributed by atoms with E-state index >= 15 is 0 Å². The molecule has 0 heterocycles. The summed E-state index contributed by atoms with van der Waals surface area (Å²) in [4.78, 5) is 12.5. The highest BCUT2D eigenvalue weighted by molar-refractivity contribution is 5.91. The SMILES string of the molecule is CCCC1CCC2CC(c3ccc(C(=O)Oc4ccc(OC)cc4)cc3F)CCC2C1. The molecule has 4 atom stereocenters. The van der Waals surface area contributed by atoms with Gasteiger partial charge in [-0.05, 0) is 97.7 Å². The standard InChI is InChI=1S/C27H33FO3/c1-3-4-18-5-6-20-16-21(8-7-19(20)15-18)25-14-9-22(17-26(25)28)27(29)31-24-12-10-23(30-2)11-13-24/h9-14,17-21H,3-8,15-16H2,1-2H3. The average Bonchev–Trinajstić information content (AvgIpc) is 2.79. The van der Waals surface area contributed by atoms with E-state index in [4.69, 9.17) is 9.47 Å². The van der Waals surface area contributed by atoms with Crippen LogP contribution < -0.4 is 9.47 Å². The molecule has 2 aromatic rings. The maximum Gasteiger partial charge on any atom is 0.343 e. The summed E-state index contributed by atoms with van der Waals surface area (Å²) >= 11 is 0. The maximum absolute atomic E-state index is 15.0. The molecule has 4 unspecified atom stereocenters. The molecule has 0 bridgehead atoms. The Morgan fingerprint density at radius 3 is 2.39 bits per heavy atom. The second kappa shape index (κ2) is 9.84. The van der Waals surface area contributed by atoms with Crippen LogP contribution in [0.2, 0.25) is 0 Å². The van der Waals surface area contributed by atoms with Crippen LogP contribution in [0.25, 0.3) is 0 Å². The Balaban J connectivity index is 1.39. The van der Waals surface area contributed by atoms with Gasteiger partial charge in [-0.2, -0.15) is 0 Å². The monoisotopic (exact) mass is 424 g/mol. The second-order valence-corrected chi connectivity index (χ2v) is 9.30. The van der Waals surface area contributed by atoms with E-state index in [1.165, 1.54) is 44.6 Å². The van der Waals surface area contributed by atoms with Gasteiger partial charge in [-0.25, -0.2) is 9.18 Å². The van der Waals surface area contributed by atoms with Crippen LogP contribution in [0.1, 0.15) is 80.1 Å². The van der Waals surface area contributed by atoms with Gasteiger partial charge in [-0.3, -0.25) is 0 Å². The first kappa shape index (κ1) is 21.9. The first-order valence-electron chi connectivity index (χ1n) is 11.7. The van der Waals surface area contributed by atoms with Crippen molar-refractivity contribution in [1.29, 1.82) is 0 Å². The van der Waals surface area contributed by atoms with Gasteiger partial charge in [0.1, 0.15) is 17.3 Å². The zero-order chi connectivity index (χ0) is 21.8. The fourth-order valence-corrected chi connectivity index (χ4v) is 5.73. The number of ether oxygens (including phenoxy) is 2. The van der Waals surface area contributed by atoms with Gasteiger partial charge in [0.15, 0.2) is 0 Å². The van der Waals surface area contributed by atoms with Crippen molar-refractivity contribution in [2.45, 2.75) is 64.2 Å². The van der Waals surface area contributed by atoms with Crippen LogP contribution in [0, 0.1) is 23.6 Å². The molecule has 2 fully saturated rings. The molecular weight excluding hydrogens is 391 g/mol. The molecule has 0 aromatic heterocycles. The van der Waals surface area contributed by atoms with Gasteiger partial charge in [0.25, 0.3) is 0 Å². The third-order valence-electron chi connectivity index (χ3n) is 7.36. The van der Waals surface area contributed by atoms with Crippen molar-refractivity contribution in [3.05, 3.63) is 59.4 Å². The molecule has 3 nitrogen and oxygen atoms in total. The van der Waals surface area contributed by atoms with E-state index in [9.17, 15) is 9.18 Å². The number of esters is 1. The Morgan fingerprint density at radius 2 is 1.68 bits per heavy atom. The van der Waals surface area contributed by atoms with Crippen LogP contribution in [-0.2, 0) is 0 Å². The number of halogens is 1. The zero-order valence-corrected chi connectivity index (χ0v) is 18.6. The van der Waals surface area contributed by atoms with Gasteiger partial charge in [0.05, 0.1) is 12.7 Å². The predicted molar refractivity (Wildman–Crippen MR) is 120 cm³/mol. The molecule has 0 radical (unpaired) electrons. The van der Waals surface area contributed by atoms with Crippen molar-refractivity contribution in [2.24, 2.45) is 17.8 Å². The third kappa shape index (κ3) is 5.11. The van der Waals surface area contributed by atoms with Crippen molar-refractivity contribution >= 4 is 5.97 Å². The molecule has 2 saturated carbocycles. The largest absolute Gasteiger partial charge is 0.497 e. The number of fused-ring (bicyclic) bond motifs is 1. The Bertz CT molecular complexity index is 892. The zero-order valence-electron chi connectivity index (χ0n) is 18.6. The Labute approximate surface area is 185 Å². The Hall–Kier alpha value is -2.36. The second-order valence-electron chi connectivity index (χ2n) is 9.30. The normalized spacial score (nSPS) is 25.5. The first-order chi connectivity index (χ1) is 15.1. The first-order valence-corrected chi connectivity index (χ1v) is 11.7. The fraction of sp³-hybridized carbons (Fsp3) is 0.519. The molecule has 4 heteroatoms. The molecule has 2 aromatic carbocycles. The molecule has 0 aliphatic heterocycles. The summed E-state index contributed by atoms with van der Waals surface area (Å²) in [7, 11) is 1.58. The average molecular weight is 425 g/mol. The van der Waals surface area contributed by atoms with E-state index in [1.54, 1.807) is 43.5 Å². The van der Waals surface area contributed by atoms with Crippen LogP contribution in [0.5, 0.6) is 11.5 Å². The van der Waals surface area contributed by atoms with Crippen LogP contribution >= 0.6 is 0 Å². The van der Waals surface area contributed by atoms with Crippen molar-refractivity contribution in [3.63, 3.8) is 0 Å². The minimum atomic E-state index is -0.548. The minimum absolute atomic E-state index is 0.242. The van der Waals surface area contributed by atoms with E-state index in [1.807, 2.05) is 0 Å². The molecular formula is C27H33FO3. The van der Waals surface area contributed by atoms with Crippen LogP contribution in [0.15, 0.2) is 42.5 Å². The number of methoxy groups -OCH3 is 1. The molecule has 0 spiro atoms. The van der Waals surface area contributed by atoms with Crippen molar-refractivity contribution in [2.75, 3.05) is 7.11 Å². The highest BCUT2D eigenvalue weighted by Crippen LogP contribution is 2.48. The lowest BCUT2D eigenvalue weighted by Crippen LogP contribution is -2.30. The van der Waals surface area contributed by atoms with Crippen molar-refractivity contribution in [3.8, 4) is 11.5 Å². The van der Waals surface area contributed by atoms with E-state index in [0.717, 1.165) is 36.2 Å². The van der Waals surface area contributed by atoms with Gasteiger partial charge < -0.3 is 9.47 Å². The minimum Gasteiger partial charge on any atom is -0.497 e. The summed E-state index contributed by atoms with van der Waals surface area (Å²) in [5.74, 6) is 2.97. The molecule has 0 N–H and O–H groups in total. The van der Waals surface area contributed by atoms with Crippen LogP contribution in [-0.4, -0.2) is 13.1 Å². The highest BCUT2D eigenvalue weighted by Gasteiger charge is 2.36. The van der Waals surface area contributed by atoms with E-state index < -0.39 is 5.97 Å². The van der Waals surface area contributed by atoms with Gasteiger partial charge in [0, 0.05) is 0 Å². The molecule has 2 aliphatic carbocycles. The van der Waals surface area contributed by atoms with Crippen LogP contribution in [0.4, 0.5) is 4.39 Å². The summed E-state index contributed by atoms with van der Waals surface area (Å²) in [6.45, 7) is 2.28. The number of hydrogen-bond acceptors (Lipinski definition) is 3. The number of rotatable bonds is 6. The molecule has 0 saturated heterocycles. The smallest absolute Gasteiger partial charge is 0.343 e. The number of benzene rings is 2.